The first kappa shape index (κ1) is 13.6. The van der Waals surface area contributed by atoms with Crippen LogP contribution in [0, 0.1) is 6.92 Å². The van der Waals surface area contributed by atoms with Gasteiger partial charge < -0.3 is 10.6 Å². The van der Waals surface area contributed by atoms with Crippen LogP contribution in [0.15, 0.2) is 18.2 Å². The molecule has 0 aliphatic heterocycles. The Morgan fingerprint density at radius 2 is 2.06 bits per heavy atom. The zero-order chi connectivity index (χ0) is 13.0. The fourth-order valence-corrected chi connectivity index (χ4v) is 1.95. The Morgan fingerprint density at radius 1 is 1.41 bits per heavy atom. The lowest BCUT2D eigenvalue weighted by Crippen LogP contribution is -2.35. The standard InChI is InChI=1S/C14H22N2O/c1-5-6-11(3)16(4)14(17)12-7-10(2)8-13(15)9-12/h7-9,11H,5-6,15H2,1-4H3. The van der Waals surface area contributed by atoms with E-state index in [1.165, 1.54) is 0 Å². The van der Waals surface area contributed by atoms with Crippen LogP contribution in [-0.2, 0) is 0 Å². The summed E-state index contributed by atoms with van der Waals surface area (Å²) in [5, 5.41) is 0. The maximum Gasteiger partial charge on any atom is 0.253 e. The lowest BCUT2D eigenvalue weighted by Gasteiger charge is -2.25. The van der Waals surface area contributed by atoms with Gasteiger partial charge in [0.25, 0.3) is 5.91 Å². The van der Waals surface area contributed by atoms with Crippen molar-refractivity contribution >= 4 is 11.6 Å². The van der Waals surface area contributed by atoms with E-state index in [1.807, 2.05) is 26.1 Å². The van der Waals surface area contributed by atoms with Crippen LogP contribution in [0.4, 0.5) is 5.69 Å². The van der Waals surface area contributed by atoms with Crippen LogP contribution in [0.5, 0.6) is 0 Å². The van der Waals surface area contributed by atoms with Gasteiger partial charge >= 0.3 is 0 Å². The average molecular weight is 234 g/mol. The number of rotatable bonds is 4. The highest BCUT2D eigenvalue weighted by Gasteiger charge is 2.17. The predicted octanol–water partition coefficient (Wildman–Crippen LogP) is 2.84. The number of nitrogens with zero attached hydrogens (tertiary/aromatic N) is 1. The number of hydrogen-bond donors (Lipinski definition) is 1. The number of aryl methyl sites for hydroxylation is 1. The third kappa shape index (κ3) is 3.48. The van der Waals surface area contributed by atoms with Gasteiger partial charge in [-0.05, 0) is 44.0 Å². The molecule has 0 heterocycles. The van der Waals surface area contributed by atoms with E-state index >= 15 is 0 Å². The van der Waals surface area contributed by atoms with Crippen molar-refractivity contribution in [2.24, 2.45) is 0 Å². The van der Waals surface area contributed by atoms with Crippen molar-refractivity contribution in [2.45, 2.75) is 39.7 Å². The van der Waals surface area contributed by atoms with Crippen LogP contribution >= 0.6 is 0 Å². The molecule has 94 valence electrons. The Bertz CT molecular complexity index is 381. The molecule has 1 aromatic rings. The largest absolute Gasteiger partial charge is 0.399 e. The molecule has 3 heteroatoms. The lowest BCUT2D eigenvalue weighted by atomic mass is 10.1. The quantitative estimate of drug-likeness (QED) is 0.814. The molecule has 1 unspecified atom stereocenters. The molecule has 0 saturated heterocycles. The van der Waals surface area contributed by atoms with Crippen LogP contribution in [0.1, 0.15) is 42.6 Å². The molecular formula is C14H22N2O. The highest BCUT2D eigenvalue weighted by atomic mass is 16.2. The first-order valence-corrected chi connectivity index (χ1v) is 6.10. The zero-order valence-corrected chi connectivity index (χ0v) is 11.2. The smallest absolute Gasteiger partial charge is 0.253 e. The molecule has 0 aliphatic carbocycles. The number of hydrogen-bond acceptors (Lipinski definition) is 2. The number of carbonyl (C=O) groups excluding carboxylic acids is 1. The van der Waals surface area contributed by atoms with E-state index in [0.29, 0.717) is 11.3 Å². The van der Waals surface area contributed by atoms with E-state index < -0.39 is 0 Å². The van der Waals surface area contributed by atoms with Gasteiger partial charge in [-0.2, -0.15) is 0 Å². The van der Waals surface area contributed by atoms with E-state index in [-0.39, 0.29) is 11.9 Å². The number of nitrogens with two attached hydrogens (primary N) is 1. The van der Waals surface area contributed by atoms with Crippen molar-refractivity contribution in [1.82, 2.24) is 4.90 Å². The second kappa shape index (κ2) is 5.71. The van der Waals surface area contributed by atoms with E-state index in [9.17, 15) is 4.79 Å². The maximum absolute atomic E-state index is 12.2. The Kier molecular flexibility index (Phi) is 4.55. The van der Waals surface area contributed by atoms with Gasteiger partial charge in [0.2, 0.25) is 0 Å². The number of benzene rings is 1. The van der Waals surface area contributed by atoms with Gasteiger partial charge in [-0.25, -0.2) is 0 Å². The maximum atomic E-state index is 12.2. The fraction of sp³-hybridized carbons (Fsp3) is 0.500. The van der Waals surface area contributed by atoms with Crippen molar-refractivity contribution < 1.29 is 4.79 Å². The van der Waals surface area contributed by atoms with Crippen LogP contribution in [-0.4, -0.2) is 23.9 Å². The summed E-state index contributed by atoms with van der Waals surface area (Å²) >= 11 is 0. The first-order chi connectivity index (χ1) is 7.95. The molecule has 0 radical (unpaired) electrons. The highest BCUT2D eigenvalue weighted by Crippen LogP contribution is 2.15. The summed E-state index contributed by atoms with van der Waals surface area (Å²) in [5.74, 6) is 0.0429. The second-order valence-corrected chi connectivity index (χ2v) is 4.69. The third-order valence-corrected chi connectivity index (χ3v) is 3.03. The van der Waals surface area contributed by atoms with E-state index in [4.69, 9.17) is 5.73 Å². The molecule has 1 aromatic carbocycles. The predicted molar refractivity (Wildman–Crippen MR) is 72.1 cm³/mol. The normalized spacial score (nSPS) is 12.2. The second-order valence-electron chi connectivity index (χ2n) is 4.69. The monoisotopic (exact) mass is 234 g/mol. The fourth-order valence-electron chi connectivity index (χ4n) is 1.95. The molecule has 0 saturated carbocycles. The molecule has 2 N–H and O–H groups in total. The van der Waals surface area contributed by atoms with Crippen LogP contribution < -0.4 is 5.73 Å². The molecule has 1 atom stereocenters. The van der Waals surface area contributed by atoms with Gasteiger partial charge in [-0.1, -0.05) is 13.3 Å². The number of nitrogen functional groups attached to an aromatic ring is 1. The Balaban J connectivity index is 2.88. The van der Waals surface area contributed by atoms with Gasteiger partial charge in [-0.3, -0.25) is 4.79 Å². The molecule has 17 heavy (non-hydrogen) atoms. The minimum Gasteiger partial charge on any atom is -0.399 e. The van der Waals surface area contributed by atoms with Gasteiger partial charge in [0.1, 0.15) is 0 Å². The molecule has 0 fully saturated rings. The van der Waals surface area contributed by atoms with Crippen molar-refractivity contribution in [2.75, 3.05) is 12.8 Å². The van der Waals surface area contributed by atoms with Gasteiger partial charge in [0.15, 0.2) is 0 Å². The molecule has 1 rings (SSSR count). The SMILES string of the molecule is CCCC(C)N(C)C(=O)c1cc(C)cc(N)c1. The topological polar surface area (TPSA) is 46.3 Å². The van der Waals surface area contributed by atoms with Crippen LogP contribution in [0.25, 0.3) is 0 Å². The number of anilines is 1. The van der Waals surface area contributed by atoms with E-state index in [1.54, 1.807) is 11.0 Å². The van der Waals surface area contributed by atoms with Crippen molar-refractivity contribution in [3.05, 3.63) is 29.3 Å². The molecule has 0 aromatic heterocycles. The minimum atomic E-state index is 0.0429. The average Bonchev–Trinajstić information content (AvgIpc) is 2.26. The molecule has 0 aliphatic rings. The molecule has 1 amide bonds. The molecular weight excluding hydrogens is 212 g/mol. The number of carbonyl (C=O) groups is 1. The zero-order valence-electron chi connectivity index (χ0n) is 11.2. The van der Waals surface area contributed by atoms with Crippen molar-refractivity contribution in [1.29, 1.82) is 0 Å². The summed E-state index contributed by atoms with van der Waals surface area (Å²) in [4.78, 5) is 14.0. The summed E-state index contributed by atoms with van der Waals surface area (Å²) < 4.78 is 0. The van der Waals surface area contributed by atoms with Crippen molar-refractivity contribution in [3.8, 4) is 0 Å². The summed E-state index contributed by atoms with van der Waals surface area (Å²) in [5.41, 5.74) is 8.10. The summed E-state index contributed by atoms with van der Waals surface area (Å²) in [6.07, 6.45) is 2.10. The molecule has 3 nitrogen and oxygen atoms in total. The van der Waals surface area contributed by atoms with E-state index in [2.05, 4.69) is 13.8 Å². The Hall–Kier alpha value is -1.51. The summed E-state index contributed by atoms with van der Waals surface area (Å²) in [7, 11) is 1.85. The molecule has 0 bridgehead atoms. The Labute approximate surface area is 104 Å². The third-order valence-electron chi connectivity index (χ3n) is 3.03. The van der Waals surface area contributed by atoms with Crippen LogP contribution in [0.2, 0.25) is 0 Å². The van der Waals surface area contributed by atoms with E-state index in [0.717, 1.165) is 18.4 Å². The summed E-state index contributed by atoms with van der Waals surface area (Å²) in [6.45, 7) is 6.14. The van der Waals surface area contributed by atoms with Gasteiger partial charge in [0, 0.05) is 24.3 Å². The lowest BCUT2D eigenvalue weighted by molar-refractivity contribution is 0.0736. The molecule has 0 spiro atoms. The minimum absolute atomic E-state index is 0.0429. The van der Waals surface area contributed by atoms with Crippen LogP contribution in [0.3, 0.4) is 0 Å². The Morgan fingerprint density at radius 3 is 2.59 bits per heavy atom. The number of amides is 1. The van der Waals surface area contributed by atoms with Gasteiger partial charge in [-0.15, -0.1) is 0 Å². The van der Waals surface area contributed by atoms with Crippen molar-refractivity contribution in [3.63, 3.8) is 0 Å². The van der Waals surface area contributed by atoms with Gasteiger partial charge in [0.05, 0.1) is 0 Å². The summed E-state index contributed by atoms with van der Waals surface area (Å²) in [6, 6.07) is 5.75. The highest BCUT2D eigenvalue weighted by molar-refractivity contribution is 5.95. The first-order valence-electron chi connectivity index (χ1n) is 6.10.